The number of ether oxygens (including phenoxy) is 1. The van der Waals surface area contributed by atoms with Gasteiger partial charge in [0, 0.05) is 23.9 Å². The van der Waals surface area contributed by atoms with E-state index >= 15 is 0 Å². The molecule has 0 unspecified atom stereocenters. The molecule has 1 aliphatic rings. The molecule has 1 saturated carbocycles. The van der Waals surface area contributed by atoms with Crippen LogP contribution in [-0.2, 0) is 11.0 Å². The van der Waals surface area contributed by atoms with Crippen molar-refractivity contribution >= 4 is 29.3 Å². The predicted molar refractivity (Wildman–Crippen MR) is 127 cm³/mol. The predicted octanol–water partition coefficient (Wildman–Crippen LogP) is 5.84. The summed E-state index contributed by atoms with van der Waals surface area (Å²) in [4.78, 5) is 23.4. The fourth-order valence-corrected chi connectivity index (χ4v) is 4.41. The number of anilines is 3. The van der Waals surface area contributed by atoms with Gasteiger partial charge in [-0.15, -0.1) is 5.10 Å². The third kappa shape index (κ3) is 6.78. The number of aliphatic carboxylic acids is 1. The largest absolute Gasteiger partial charge is 0.497 e. The van der Waals surface area contributed by atoms with Crippen molar-refractivity contribution in [2.75, 3.05) is 17.7 Å². The quantitative estimate of drug-likeness (QED) is 0.339. The van der Waals surface area contributed by atoms with E-state index in [1.54, 1.807) is 12.1 Å². The van der Waals surface area contributed by atoms with Crippen molar-refractivity contribution < 1.29 is 37.0 Å². The highest BCUT2D eigenvalue weighted by Gasteiger charge is 2.31. The van der Waals surface area contributed by atoms with E-state index < -0.39 is 23.6 Å². The summed E-state index contributed by atoms with van der Waals surface area (Å²) in [5, 5.41) is 21.5. The number of aromatic nitrogens is 2. The van der Waals surface area contributed by atoms with E-state index in [4.69, 9.17) is 14.3 Å². The zero-order valence-corrected chi connectivity index (χ0v) is 19.8. The Morgan fingerprint density at radius 3 is 2.38 bits per heavy atom. The number of nitrogens with one attached hydrogen (secondary N) is 2. The zero-order valence-electron chi connectivity index (χ0n) is 19.8. The average molecular weight is 518 g/mol. The molecule has 1 heterocycles. The Hall–Kier alpha value is -4.09. The van der Waals surface area contributed by atoms with E-state index in [2.05, 4.69) is 20.8 Å². The minimum atomic E-state index is -4.58. The molecule has 196 valence electrons. The zero-order chi connectivity index (χ0) is 26.6. The Bertz CT molecular complexity index is 1250. The summed E-state index contributed by atoms with van der Waals surface area (Å²) in [6, 6.07) is 10.1. The number of carboxylic acid groups (broad SMARTS) is 1. The summed E-state index contributed by atoms with van der Waals surface area (Å²) in [6.07, 6.45) is -0.802. The number of alkyl halides is 3. The van der Waals surface area contributed by atoms with Gasteiger partial charge in [0.1, 0.15) is 5.75 Å². The van der Waals surface area contributed by atoms with Crippen LogP contribution in [0.15, 0.2) is 46.9 Å². The van der Waals surface area contributed by atoms with Gasteiger partial charge in [0.2, 0.25) is 0 Å². The molecule has 0 saturated heterocycles. The lowest BCUT2D eigenvalue weighted by Gasteiger charge is -2.28. The number of rotatable bonds is 8. The van der Waals surface area contributed by atoms with Gasteiger partial charge in [-0.3, -0.25) is 9.59 Å². The fourth-order valence-electron chi connectivity index (χ4n) is 4.41. The van der Waals surface area contributed by atoms with Crippen LogP contribution in [0.4, 0.5) is 30.6 Å². The summed E-state index contributed by atoms with van der Waals surface area (Å²) < 4.78 is 49.5. The van der Waals surface area contributed by atoms with Crippen molar-refractivity contribution in [2.24, 2.45) is 5.92 Å². The van der Waals surface area contributed by atoms with Crippen molar-refractivity contribution in [3.63, 3.8) is 0 Å². The van der Waals surface area contributed by atoms with Crippen molar-refractivity contribution in [3.05, 3.63) is 59.5 Å². The normalized spacial score (nSPS) is 17.7. The molecular weight excluding hydrogens is 493 g/mol. The lowest BCUT2D eigenvalue weighted by Crippen LogP contribution is -2.16. The molecule has 1 amide bonds. The van der Waals surface area contributed by atoms with Gasteiger partial charge in [0.05, 0.1) is 12.7 Å². The van der Waals surface area contributed by atoms with E-state index in [9.17, 15) is 22.8 Å². The Kier molecular flexibility index (Phi) is 7.65. The third-order valence-electron chi connectivity index (χ3n) is 6.29. The second-order valence-corrected chi connectivity index (χ2v) is 8.88. The number of benzene rings is 2. The number of methoxy groups -OCH3 is 1. The minimum Gasteiger partial charge on any atom is -0.497 e. The molecule has 1 aliphatic carbocycles. The first-order valence-electron chi connectivity index (χ1n) is 11.6. The number of hydrogen-bond donors (Lipinski definition) is 3. The van der Waals surface area contributed by atoms with Crippen LogP contribution in [0.2, 0.25) is 0 Å². The number of carbonyl (C=O) groups is 2. The molecule has 3 N–H and O–H groups in total. The van der Waals surface area contributed by atoms with Gasteiger partial charge in [-0.25, -0.2) is 0 Å². The van der Waals surface area contributed by atoms with Crippen LogP contribution in [0.25, 0.3) is 0 Å². The van der Waals surface area contributed by atoms with Crippen LogP contribution >= 0.6 is 0 Å². The van der Waals surface area contributed by atoms with Gasteiger partial charge in [-0.2, -0.15) is 13.2 Å². The fraction of sp³-hybridized carbons (Fsp3) is 0.360. The van der Waals surface area contributed by atoms with E-state index in [-0.39, 0.29) is 35.7 Å². The number of hydrogen-bond acceptors (Lipinski definition) is 7. The smallest absolute Gasteiger partial charge is 0.416 e. The molecule has 0 spiro atoms. The molecule has 12 heteroatoms. The molecule has 0 bridgehead atoms. The van der Waals surface area contributed by atoms with Gasteiger partial charge in [0.15, 0.2) is 0 Å². The minimum absolute atomic E-state index is 0.00475. The second kappa shape index (κ2) is 10.9. The summed E-state index contributed by atoms with van der Waals surface area (Å²) in [7, 11) is 1.24. The van der Waals surface area contributed by atoms with Crippen molar-refractivity contribution in [2.45, 2.75) is 44.2 Å². The first-order chi connectivity index (χ1) is 17.6. The Labute approximate surface area is 210 Å². The SMILES string of the molecule is COc1cc(Nc2nnc(C(=O)Nc3ccc([C@H]4CC[C@H](CC(=O)O)CC4)cc3)o2)cc(C(F)(F)F)c1. The number of amides is 1. The molecule has 0 aliphatic heterocycles. The maximum atomic E-state index is 13.1. The summed E-state index contributed by atoms with van der Waals surface area (Å²) in [5.41, 5.74) is 0.689. The van der Waals surface area contributed by atoms with Crippen LogP contribution in [-0.4, -0.2) is 34.3 Å². The molecule has 4 rings (SSSR count). The van der Waals surface area contributed by atoms with Crippen LogP contribution in [0.1, 0.15) is 59.8 Å². The van der Waals surface area contributed by atoms with Gasteiger partial charge in [0.25, 0.3) is 0 Å². The Morgan fingerprint density at radius 1 is 1.05 bits per heavy atom. The van der Waals surface area contributed by atoms with Gasteiger partial charge >= 0.3 is 30.0 Å². The summed E-state index contributed by atoms with van der Waals surface area (Å²) >= 11 is 0. The second-order valence-electron chi connectivity index (χ2n) is 8.88. The molecule has 0 atom stereocenters. The molecule has 2 aromatic carbocycles. The van der Waals surface area contributed by atoms with E-state index in [1.807, 2.05) is 12.1 Å². The Balaban J connectivity index is 1.35. The molecule has 9 nitrogen and oxygen atoms in total. The van der Waals surface area contributed by atoms with Gasteiger partial charge < -0.3 is 24.9 Å². The van der Waals surface area contributed by atoms with Gasteiger partial charge in [-0.05, 0) is 67.3 Å². The first kappa shape index (κ1) is 26.0. The molecule has 0 radical (unpaired) electrons. The maximum absolute atomic E-state index is 13.1. The van der Waals surface area contributed by atoms with Crippen LogP contribution in [0.5, 0.6) is 5.75 Å². The molecule has 1 aromatic heterocycles. The Morgan fingerprint density at radius 2 is 1.76 bits per heavy atom. The van der Waals surface area contributed by atoms with E-state index in [1.165, 1.54) is 13.2 Å². The summed E-state index contributed by atoms with van der Waals surface area (Å²) in [5.74, 6) is -1.27. The molecule has 3 aromatic rings. The van der Waals surface area contributed by atoms with Crippen LogP contribution < -0.4 is 15.4 Å². The molecule has 1 fully saturated rings. The van der Waals surface area contributed by atoms with Crippen molar-refractivity contribution in [1.29, 1.82) is 0 Å². The highest BCUT2D eigenvalue weighted by atomic mass is 19.4. The molecule has 37 heavy (non-hydrogen) atoms. The summed E-state index contributed by atoms with van der Waals surface area (Å²) in [6.45, 7) is 0. The van der Waals surface area contributed by atoms with E-state index in [0.717, 1.165) is 43.4 Å². The van der Waals surface area contributed by atoms with Crippen molar-refractivity contribution in [1.82, 2.24) is 10.2 Å². The van der Waals surface area contributed by atoms with E-state index in [0.29, 0.717) is 11.6 Å². The highest BCUT2D eigenvalue weighted by Crippen LogP contribution is 2.37. The maximum Gasteiger partial charge on any atom is 0.416 e. The number of halogens is 3. The number of nitrogens with zero attached hydrogens (tertiary/aromatic N) is 2. The standard InChI is InChI=1S/C25H25F3N4O5/c1-36-20-12-17(25(26,27)28)11-19(13-20)30-24-32-31-23(37-24)22(35)29-18-8-6-16(7-9-18)15-4-2-14(3-5-15)10-21(33)34/h6-9,11-15H,2-5,10H2,1H3,(H,29,35)(H,30,32)(H,33,34)/t14-,15-. The van der Waals surface area contributed by atoms with Crippen LogP contribution in [0, 0.1) is 5.92 Å². The lowest BCUT2D eigenvalue weighted by molar-refractivity contribution is -0.139. The highest BCUT2D eigenvalue weighted by molar-refractivity contribution is 6.00. The van der Waals surface area contributed by atoms with Crippen molar-refractivity contribution in [3.8, 4) is 5.75 Å². The topological polar surface area (TPSA) is 127 Å². The van der Waals surface area contributed by atoms with Crippen LogP contribution in [0.3, 0.4) is 0 Å². The third-order valence-corrected chi connectivity index (χ3v) is 6.29. The number of carboxylic acids is 1. The number of carbonyl (C=O) groups excluding carboxylic acids is 1. The first-order valence-corrected chi connectivity index (χ1v) is 11.6. The lowest BCUT2D eigenvalue weighted by atomic mass is 9.77. The molecular formula is C25H25F3N4O5. The van der Waals surface area contributed by atoms with Gasteiger partial charge in [-0.1, -0.05) is 17.2 Å². The monoisotopic (exact) mass is 518 g/mol. The average Bonchev–Trinajstić information content (AvgIpc) is 3.32.